The highest BCUT2D eigenvalue weighted by molar-refractivity contribution is 6.31. The average Bonchev–Trinajstić information content (AvgIpc) is 2.80. The molecule has 0 spiro atoms. The molecule has 0 aliphatic carbocycles. The number of hydrogen-bond acceptors (Lipinski definition) is 8. The maximum Gasteiger partial charge on any atom is 0.331 e. The molecular weight excluding hydrogens is 440 g/mol. The first-order valence-electron chi connectivity index (χ1n) is 10.2. The Morgan fingerprint density at radius 2 is 1.78 bits per heavy atom. The van der Waals surface area contributed by atoms with E-state index < -0.39 is 43.3 Å². The maximum atomic E-state index is 11.4. The molecule has 5 atom stereocenters. The molecule has 174 valence electrons. The molecule has 0 saturated carbocycles. The largest absolute Gasteiger partial charge is 0.494 e. The summed E-state index contributed by atoms with van der Waals surface area (Å²) in [7, 11) is 1.20. The predicted octanol–water partition coefficient (Wildman–Crippen LogP) is 2.00. The van der Waals surface area contributed by atoms with E-state index in [2.05, 4.69) is 4.74 Å². The highest BCUT2D eigenvalue weighted by Gasteiger charge is 2.45. The van der Waals surface area contributed by atoms with Crippen LogP contribution < -0.4 is 4.74 Å². The molecule has 0 radical (unpaired) electrons. The standard InChI is InChI=1S/C23H27ClO8/c1-3-30-16-7-4-13(5-8-16)10-15-11-14(6-9-17(15)24)22-20(27)19(26)21(28)23(32-22)31-12-18(25)29-2/h4-9,11,19-23,26-28H,3,10,12H2,1-2H3/t19-,20+,21+,22-,23?/m0/s1. The lowest BCUT2D eigenvalue weighted by molar-refractivity contribution is -0.298. The van der Waals surface area contributed by atoms with Gasteiger partial charge in [-0.15, -0.1) is 0 Å². The number of rotatable bonds is 8. The minimum Gasteiger partial charge on any atom is -0.494 e. The molecule has 32 heavy (non-hydrogen) atoms. The van der Waals surface area contributed by atoms with Gasteiger partial charge in [-0.2, -0.15) is 0 Å². The number of hydrogen-bond donors (Lipinski definition) is 3. The Hall–Kier alpha value is -2.20. The molecule has 2 aromatic carbocycles. The van der Waals surface area contributed by atoms with Crippen LogP contribution in [0.25, 0.3) is 0 Å². The summed E-state index contributed by atoms with van der Waals surface area (Å²) in [6.45, 7) is 2.03. The van der Waals surface area contributed by atoms with Crippen LogP contribution in [0.3, 0.4) is 0 Å². The molecule has 1 aliphatic heterocycles. The Balaban J connectivity index is 1.79. The predicted molar refractivity (Wildman–Crippen MR) is 115 cm³/mol. The summed E-state index contributed by atoms with van der Waals surface area (Å²) in [5, 5.41) is 31.5. The number of carbonyl (C=O) groups excluding carboxylic acids is 1. The molecule has 0 bridgehead atoms. The smallest absolute Gasteiger partial charge is 0.331 e. The Kier molecular flexibility index (Phi) is 8.47. The second kappa shape index (κ2) is 11.1. The van der Waals surface area contributed by atoms with Crippen molar-refractivity contribution in [2.45, 2.75) is 44.1 Å². The van der Waals surface area contributed by atoms with E-state index in [0.717, 1.165) is 16.9 Å². The number of ether oxygens (including phenoxy) is 4. The van der Waals surface area contributed by atoms with E-state index in [4.69, 9.17) is 25.8 Å². The number of esters is 1. The summed E-state index contributed by atoms with van der Waals surface area (Å²) < 4.78 is 20.9. The molecule has 1 saturated heterocycles. The summed E-state index contributed by atoms with van der Waals surface area (Å²) in [4.78, 5) is 11.4. The third kappa shape index (κ3) is 5.78. The van der Waals surface area contributed by atoms with E-state index in [0.29, 0.717) is 23.6 Å². The Bertz CT molecular complexity index is 903. The summed E-state index contributed by atoms with van der Waals surface area (Å²) in [5.74, 6) is 0.113. The van der Waals surface area contributed by atoms with Crippen molar-refractivity contribution < 1.29 is 39.1 Å². The van der Waals surface area contributed by atoms with Crippen molar-refractivity contribution in [3.05, 3.63) is 64.2 Å². The van der Waals surface area contributed by atoms with Gasteiger partial charge in [0.1, 0.15) is 36.8 Å². The number of benzene rings is 2. The van der Waals surface area contributed by atoms with Gasteiger partial charge in [-0.1, -0.05) is 35.9 Å². The number of halogens is 1. The number of aliphatic hydroxyl groups excluding tert-OH is 3. The monoisotopic (exact) mass is 466 g/mol. The summed E-state index contributed by atoms with van der Waals surface area (Å²) in [6, 6.07) is 12.8. The van der Waals surface area contributed by atoms with Crippen molar-refractivity contribution in [3.8, 4) is 5.75 Å². The van der Waals surface area contributed by atoms with E-state index in [1.165, 1.54) is 7.11 Å². The molecule has 3 rings (SSSR count). The van der Waals surface area contributed by atoms with Gasteiger partial charge in [0.15, 0.2) is 6.29 Å². The molecule has 0 aromatic heterocycles. The molecule has 1 unspecified atom stereocenters. The molecule has 9 heteroatoms. The first kappa shape index (κ1) is 24.4. The van der Waals surface area contributed by atoms with Crippen molar-refractivity contribution in [2.24, 2.45) is 0 Å². The van der Waals surface area contributed by atoms with Crippen molar-refractivity contribution in [1.82, 2.24) is 0 Å². The van der Waals surface area contributed by atoms with Gasteiger partial charge >= 0.3 is 5.97 Å². The third-order valence-corrected chi connectivity index (χ3v) is 5.56. The number of aliphatic hydroxyl groups is 3. The van der Waals surface area contributed by atoms with Crippen LogP contribution in [0.2, 0.25) is 5.02 Å². The molecular formula is C23H27ClO8. The summed E-state index contributed by atoms with van der Waals surface area (Å²) in [6.07, 6.45) is -6.31. The highest BCUT2D eigenvalue weighted by Crippen LogP contribution is 2.35. The number of methoxy groups -OCH3 is 1. The Morgan fingerprint density at radius 3 is 2.44 bits per heavy atom. The first-order chi connectivity index (χ1) is 15.3. The van der Waals surface area contributed by atoms with Gasteiger partial charge in [0.05, 0.1) is 13.7 Å². The fourth-order valence-electron chi connectivity index (χ4n) is 3.47. The molecule has 3 N–H and O–H groups in total. The van der Waals surface area contributed by atoms with Gasteiger partial charge in [0, 0.05) is 5.02 Å². The molecule has 1 heterocycles. The highest BCUT2D eigenvalue weighted by atomic mass is 35.5. The average molecular weight is 467 g/mol. The topological polar surface area (TPSA) is 115 Å². The van der Waals surface area contributed by atoms with Crippen LogP contribution in [-0.2, 0) is 25.4 Å². The molecule has 2 aromatic rings. The number of carbonyl (C=O) groups is 1. The summed E-state index contributed by atoms with van der Waals surface area (Å²) >= 11 is 6.39. The zero-order chi connectivity index (χ0) is 23.3. The molecule has 0 amide bonds. The fourth-order valence-corrected chi connectivity index (χ4v) is 3.65. The van der Waals surface area contributed by atoms with Crippen molar-refractivity contribution in [3.63, 3.8) is 0 Å². The maximum absolute atomic E-state index is 11.4. The van der Waals surface area contributed by atoms with Gasteiger partial charge in [0.2, 0.25) is 0 Å². The van der Waals surface area contributed by atoms with Crippen molar-refractivity contribution in [2.75, 3.05) is 20.3 Å². The van der Waals surface area contributed by atoms with Crippen LogP contribution in [0, 0.1) is 0 Å². The zero-order valence-corrected chi connectivity index (χ0v) is 18.6. The first-order valence-corrected chi connectivity index (χ1v) is 10.6. The van der Waals surface area contributed by atoms with Gasteiger partial charge in [-0.05, 0) is 48.2 Å². The van der Waals surface area contributed by atoms with Crippen LogP contribution in [0.15, 0.2) is 42.5 Å². The molecule has 8 nitrogen and oxygen atoms in total. The van der Waals surface area contributed by atoms with Gasteiger partial charge < -0.3 is 34.3 Å². The van der Waals surface area contributed by atoms with Gasteiger partial charge in [-0.25, -0.2) is 4.79 Å². The van der Waals surface area contributed by atoms with Gasteiger partial charge in [0.25, 0.3) is 0 Å². The van der Waals surface area contributed by atoms with Gasteiger partial charge in [-0.3, -0.25) is 0 Å². The van der Waals surface area contributed by atoms with Crippen LogP contribution in [0.4, 0.5) is 0 Å². The quantitative estimate of drug-likeness (QED) is 0.506. The van der Waals surface area contributed by atoms with Crippen molar-refractivity contribution in [1.29, 1.82) is 0 Å². The normalized spacial score (nSPS) is 25.4. The van der Waals surface area contributed by atoms with Crippen LogP contribution >= 0.6 is 11.6 Å². The fraction of sp³-hybridized carbons (Fsp3) is 0.435. The molecule has 1 fully saturated rings. The van der Waals surface area contributed by atoms with Crippen LogP contribution in [0.5, 0.6) is 5.75 Å². The summed E-state index contributed by atoms with van der Waals surface area (Å²) in [5.41, 5.74) is 2.34. The van der Waals surface area contributed by atoms with Crippen LogP contribution in [-0.4, -0.2) is 66.2 Å². The van der Waals surface area contributed by atoms with E-state index in [1.807, 2.05) is 31.2 Å². The zero-order valence-electron chi connectivity index (χ0n) is 17.8. The van der Waals surface area contributed by atoms with E-state index >= 15 is 0 Å². The Labute approximate surface area is 191 Å². The van der Waals surface area contributed by atoms with E-state index in [9.17, 15) is 20.1 Å². The third-order valence-electron chi connectivity index (χ3n) is 5.19. The van der Waals surface area contributed by atoms with Crippen LogP contribution in [0.1, 0.15) is 29.7 Å². The minimum absolute atomic E-state index is 0.475. The van der Waals surface area contributed by atoms with Crippen molar-refractivity contribution >= 4 is 17.6 Å². The van der Waals surface area contributed by atoms with E-state index in [1.54, 1.807) is 18.2 Å². The lowest BCUT2D eigenvalue weighted by Gasteiger charge is -2.40. The lowest BCUT2D eigenvalue weighted by atomic mass is 9.92. The second-order valence-electron chi connectivity index (χ2n) is 7.39. The molecule has 1 aliphatic rings. The van der Waals surface area contributed by atoms with E-state index in [-0.39, 0.29) is 0 Å². The Morgan fingerprint density at radius 1 is 1.06 bits per heavy atom. The SMILES string of the molecule is CCOc1ccc(Cc2cc([C@@H]3OC(OCC(=O)OC)[C@H](O)[C@@H](O)[C@H]3O)ccc2Cl)cc1. The minimum atomic E-state index is -1.54. The second-order valence-corrected chi connectivity index (χ2v) is 7.80. The lowest BCUT2D eigenvalue weighted by Crippen LogP contribution is -2.55.